The predicted octanol–water partition coefficient (Wildman–Crippen LogP) is 0.784. The van der Waals surface area contributed by atoms with Gasteiger partial charge in [-0.3, -0.25) is 9.78 Å². The minimum absolute atomic E-state index is 0.173. The van der Waals surface area contributed by atoms with Gasteiger partial charge in [-0.1, -0.05) is 0 Å². The van der Waals surface area contributed by atoms with E-state index >= 15 is 0 Å². The molecule has 0 radical (unpaired) electrons. The minimum Gasteiger partial charge on any atom is -0.506 e. The Kier molecular flexibility index (Phi) is 4.49. The van der Waals surface area contributed by atoms with Gasteiger partial charge in [-0.05, 0) is 6.07 Å². The van der Waals surface area contributed by atoms with Crippen LogP contribution in [0.15, 0.2) is 18.5 Å². The number of rotatable bonds is 4. The molecule has 0 bridgehead atoms. The molecular formula is C10H11F3N2O3. The van der Waals surface area contributed by atoms with E-state index < -0.39 is 31.8 Å². The minimum atomic E-state index is -4.56. The molecule has 0 atom stereocenters. The summed E-state index contributed by atoms with van der Waals surface area (Å²) in [7, 11) is 0. The Morgan fingerprint density at radius 2 is 2.06 bits per heavy atom. The molecule has 1 aromatic heterocycles. The van der Waals surface area contributed by atoms with Gasteiger partial charge in [0.2, 0.25) is 0 Å². The highest BCUT2D eigenvalue weighted by atomic mass is 19.4. The van der Waals surface area contributed by atoms with Crippen LogP contribution < -0.4 is 0 Å². The largest absolute Gasteiger partial charge is 0.506 e. The van der Waals surface area contributed by atoms with Crippen molar-refractivity contribution in [2.45, 2.75) is 6.18 Å². The number of carbonyl (C=O) groups is 1. The number of aliphatic hydroxyl groups excluding tert-OH is 1. The first-order chi connectivity index (χ1) is 8.33. The quantitative estimate of drug-likeness (QED) is 0.843. The summed E-state index contributed by atoms with van der Waals surface area (Å²) in [4.78, 5) is 15.7. The summed E-state index contributed by atoms with van der Waals surface area (Å²) >= 11 is 0. The van der Waals surface area contributed by atoms with Crippen molar-refractivity contribution in [2.75, 3.05) is 19.7 Å². The van der Waals surface area contributed by atoms with Crippen molar-refractivity contribution >= 4 is 5.91 Å². The van der Waals surface area contributed by atoms with Gasteiger partial charge in [0.15, 0.2) is 0 Å². The van der Waals surface area contributed by atoms with Gasteiger partial charge in [0.1, 0.15) is 12.3 Å². The van der Waals surface area contributed by atoms with E-state index in [1.54, 1.807) is 0 Å². The SMILES string of the molecule is O=C(c1cncc(O)c1)N(CCO)CC(F)(F)F. The van der Waals surface area contributed by atoms with Crippen molar-refractivity contribution in [1.82, 2.24) is 9.88 Å². The highest BCUT2D eigenvalue weighted by molar-refractivity contribution is 5.94. The second-order valence-corrected chi connectivity index (χ2v) is 3.50. The van der Waals surface area contributed by atoms with Crippen LogP contribution in [0, 0.1) is 0 Å². The second kappa shape index (κ2) is 5.67. The van der Waals surface area contributed by atoms with Gasteiger partial charge >= 0.3 is 6.18 Å². The zero-order valence-electron chi connectivity index (χ0n) is 9.18. The average molecular weight is 264 g/mol. The first-order valence-electron chi connectivity index (χ1n) is 4.94. The average Bonchev–Trinajstić information content (AvgIpc) is 2.26. The molecule has 0 fully saturated rings. The molecule has 2 N–H and O–H groups in total. The summed E-state index contributed by atoms with van der Waals surface area (Å²) in [6, 6.07) is 1.01. The lowest BCUT2D eigenvalue weighted by Gasteiger charge is -2.22. The van der Waals surface area contributed by atoms with Crippen LogP contribution in [0.25, 0.3) is 0 Å². The van der Waals surface area contributed by atoms with E-state index in [1.165, 1.54) is 0 Å². The molecule has 1 amide bonds. The van der Waals surface area contributed by atoms with Crippen molar-refractivity contribution < 1.29 is 28.2 Å². The smallest absolute Gasteiger partial charge is 0.406 e. The maximum absolute atomic E-state index is 12.2. The number of hydrogen-bond acceptors (Lipinski definition) is 4. The van der Waals surface area contributed by atoms with Crippen LogP contribution in [0.5, 0.6) is 5.75 Å². The van der Waals surface area contributed by atoms with E-state index in [0.717, 1.165) is 18.5 Å². The molecule has 1 heterocycles. The normalized spacial score (nSPS) is 11.3. The highest BCUT2D eigenvalue weighted by Gasteiger charge is 2.33. The maximum Gasteiger partial charge on any atom is 0.406 e. The van der Waals surface area contributed by atoms with E-state index in [9.17, 15) is 18.0 Å². The topological polar surface area (TPSA) is 73.7 Å². The molecule has 1 aromatic rings. The standard InChI is InChI=1S/C10H11F3N2O3/c11-10(12,13)6-15(1-2-16)9(18)7-3-8(17)5-14-4-7/h3-5,16-17H,1-2,6H2. The van der Waals surface area contributed by atoms with Crippen molar-refractivity contribution in [3.05, 3.63) is 24.0 Å². The number of aromatic hydroxyl groups is 1. The van der Waals surface area contributed by atoms with Gasteiger partial charge < -0.3 is 15.1 Å². The Morgan fingerprint density at radius 1 is 1.39 bits per heavy atom. The number of alkyl halides is 3. The Balaban J connectivity index is 2.89. The molecule has 8 heteroatoms. The molecular weight excluding hydrogens is 253 g/mol. The maximum atomic E-state index is 12.2. The van der Waals surface area contributed by atoms with Gasteiger partial charge in [0.05, 0.1) is 18.4 Å². The summed E-state index contributed by atoms with van der Waals surface area (Å²) < 4.78 is 36.7. The van der Waals surface area contributed by atoms with Gasteiger partial charge in [0.25, 0.3) is 5.91 Å². The van der Waals surface area contributed by atoms with E-state index in [4.69, 9.17) is 10.2 Å². The summed E-state index contributed by atoms with van der Waals surface area (Å²) in [5.74, 6) is -1.28. The third kappa shape index (κ3) is 4.21. The number of nitrogens with zero attached hydrogens (tertiary/aromatic N) is 2. The van der Waals surface area contributed by atoms with Crippen LogP contribution in [-0.4, -0.2) is 51.9 Å². The molecule has 5 nitrogen and oxygen atoms in total. The molecule has 0 saturated carbocycles. The number of pyridine rings is 1. The second-order valence-electron chi connectivity index (χ2n) is 3.50. The lowest BCUT2D eigenvalue weighted by molar-refractivity contribution is -0.141. The lowest BCUT2D eigenvalue weighted by atomic mass is 10.2. The van der Waals surface area contributed by atoms with E-state index in [0.29, 0.717) is 4.90 Å². The number of aromatic nitrogens is 1. The zero-order chi connectivity index (χ0) is 13.8. The summed E-state index contributed by atoms with van der Waals surface area (Å²) in [6.45, 7) is -2.51. The third-order valence-corrected chi connectivity index (χ3v) is 2.00. The molecule has 1 rings (SSSR count). The number of aliphatic hydroxyl groups is 1. The van der Waals surface area contributed by atoms with Crippen molar-refractivity contribution in [3.8, 4) is 5.75 Å². The summed E-state index contributed by atoms with van der Waals surface area (Å²) in [5, 5.41) is 17.8. The first kappa shape index (κ1) is 14.2. The molecule has 18 heavy (non-hydrogen) atoms. The number of halogens is 3. The Hall–Kier alpha value is -1.83. The highest BCUT2D eigenvalue weighted by Crippen LogP contribution is 2.18. The predicted molar refractivity (Wildman–Crippen MR) is 54.9 cm³/mol. The van der Waals surface area contributed by atoms with Crippen molar-refractivity contribution in [2.24, 2.45) is 0 Å². The van der Waals surface area contributed by atoms with E-state index in [-0.39, 0.29) is 11.3 Å². The van der Waals surface area contributed by atoms with Crippen molar-refractivity contribution in [3.63, 3.8) is 0 Å². The molecule has 0 unspecified atom stereocenters. The van der Waals surface area contributed by atoms with Crippen LogP contribution in [0.3, 0.4) is 0 Å². The lowest BCUT2D eigenvalue weighted by Crippen LogP contribution is -2.40. The van der Waals surface area contributed by atoms with Crippen LogP contribution in [0.1, 0.15) is 10.4 Å². The Labute approximate surface area is 100 Å². The Morgan fingerprint density at radius 3 is 2.56 bits per heavy atom. The van der Waals surface area contributed by atoms with E-state index in [2.05, 4.69) is 4.98 Å². The van der Waals surface area contributed by atoms with Gasteiger partial charge in [-0.2, -0.15) is 13.2 Å². The molecule has 100 valence electrons. The number of hydrogen-bond donors (Lipinski definition) is 2. The first-order valence-corrected chi connectivity index (χ1v) is 4.94. The fraction of sp³-hybridized carbons (Fsp3) is 0.400. The van der Waals surface area contributed by atoms with Crippen LogP contribution >= 0.6 is 0 Å². The summed E-state index contributed by atoms with van der Waals surface area (Å²) in [5.41, 5.74) is -0.173. The van der Waals surface area contributed by atoms with Gasteiger partial charge in [-0.15, -0.1) is 0 Å². The number of amides is 1. The summed E-state index contributed by atoms with van der Waals surface area (Å²) in [6.07, 6.45) is -2.46. The van der Waals surface area contributed by atoms with Crippen molar-refractivity contribution in [1.29, 1.82) is 0 Å². The molecule has 0 aliphatic rings. The van der Waals surface area contributed by atoms with E-state index in [1.807, 2.05) is 0 Å². The molecule has 0 saturated heterocycles. The fourth-order valence-corrected chi connectivity index (χ4v) is 1.32. The molecule has 0 aliphatic heterocycles. The fourth-order valence-electron chi connectivity index (χ4n) is 1.32. The molecule has 0 spiro atoms. The molecule has 0 aromatic carbocycles. The molecule has 0 aliphatic carbocycles. The van der Waals surface area contributed by atoms with Gasteiger partial charge in [-0.25, -0.2) is 0 Å². The monoisotopic (exact) mass is 264 g/mol. The van der Waals surface area contributed by atoms with Crippen LogP contribution in [0.2, 0.25) is 0 Å². The third-order valence-electron chi connectivity index (χ3n) is 2.00. The number of carbonyl (C=O) groups excluding carboxylic acids is 1. The Bertz CT molecular complexity index is 423. The van der Waals surface area contributed by atoms with Gasteiger partial charge in [0, 0.05) is 12.7 Å². The van der Waals surface area contributed by atoms with Crippen LogP contribution in [0.4, 0.5) is 13.2 Å². The van der Waals surface area contributed by atoms with Crippen LogP contribution in [-0.2, 0) is 0 Å². The zero-order valence-corrected chi connectivity index (χ0v) is 9.18.